The normalized spacial score (nSPS) is 19.7. The van der Waals surface area contributed by atoms with E-state index in [4.69, 9.17) is 0 Å². The van der Waals surface area contributed by atoms with Gasteiger partial charge in [-0.05, 0) is 42.2 Å². The summed E-state index contributed by atoms with van der Waals surface area (Å²) in [6.07, 6.45) is 1.34. The van der Waals surface area contributed by atoms with Gasteiger partial charge < -0.3 is 10.6 Å². The van der Waals surface area contributed by atoms with Gasteiger partial charge in [-0.25, -0.2) is 4.39 Å². The summed E-state index contributed by atoms with van der Waals surface area (Å²) in [4.78, 5) is 24.9. The van der Waals surface area contributed by atoms with Gasteiger partial charge in [-0.15, -0.1) is 11.8 Å². The van der Waals surface area contributed by atoms with Crippen LogP contribution in [-0.4, -0.2) is 28.9 Å². The molecule has 0 bridgehead atoms. The number of para-hydroxylation sites is 1. The molecule has 3 rings (SSSR count). The number of carbonyl (C=O) groups excluding carboxylic acids is 2. The van der Waals surface area contributed by atoms with Crippen LogP contribution in [0.2, 0.25) is 0 Å². The number of halogens is 1. The first-order chi connectivity index (χ1) is 12.6. The summed E-state index contributed by atoms with van der Waals surface area (Å²) in [5.74, 6) is -0.141. The van der Waals surface area contributed by atoms with E-state index < -0.39 is 6.04 Å². The first-order valence-corrected chi connectivity index (χ1v) is 9.67. The van der Waals surface area contributed by atoms with Gasteiger partial charge >= 0.3 is 0 Å². The molecule has 26 heavy (non-hydrogen) atoms. The Morgan fingerprint density at radius 1 is 1.23 bits per heavy atom. The fourth-order valence-electron chi connectivity index (χ4n) is 2.89. The standard InChI is InChI=1S/C20H21FN2O2S/c1-2-14-5-3-4-6-16(14)22-19(24)17-12-26-18(20(25)23-17)11-13-7-9-15(21)10-8-13/h3-10,17-18H,2,11-12H2,1H3,(H,22,24)(H,23,25)/t17-,18-/m1/s1. The Labute approximate surface area is 156 Å². The molecule has 1 aliphatic heterocycles. The number of aryl methyl sites for hydroxylation is 1. The number of carbonyl (C=O) groups is 2. The zero-order valence-electron chi connectivity index (χ0n) is 14.5. The highest BCUT2D eigenvalue weighted by Gasteiger charge is 2.32. The summed E-state index contributed by atoms with van der Waals surface area (Å²) in [7, 11) is 0. The molecule has 0 unspecified atom stereocenters. The van der Waals surface area contributed by atoms with E-state index in [9.17, 15) is 14.0 Å². The number of hydrogen-bond acceptors (Lipinski definition) is 3. The lowest BCUT2D eigenvalue weighted by Gasteiger charge is -2.28. The molecule has 2 N–H and O–H groups in total. The Hall–Kier alpha value is -2.34. The largest absolute Gasteiger partial charge is 0.343 e. The minimum absolute atomic E-state index is 0.158. The van der Waals surface area contributed by atoms with Gasteiger partial charge in [-0.3, -0.25) is 9.59 Å². The molecule has 1 fully saturated rings. The minimum Gasteiger partial charge on any atom is -0.343 e. The molecule has 1 aliphatic rings. The smallest absolute Gasteiger partial charge is 0.247 e. The summed E-state index contributed by atoms with van der Waals surface area (Å²) in [6, 6.07) is 13.3. The van der Waals surface area contributed by atoms with E-state index in [1.54, 1.807) is 12.1 Å². The molecule has 2 aromatic rings. The lowest BCUT2D eigenvalue weighted by molar-refractivity contribution is -0.126. The molecule has 2 amide bonds. The second-order valence-corrected chi connectivity index (χ2v) is 7.45. The van der Waals surface area contributed by atoms with E-state index in [2.05, 4.69) is 10.6 Å². The van der Waals surface area contributed by atoms with Gasteiger partial charge in [0.1, 0.15) is 11.9 Å². The molecule has 0 radical (unpaired) electrons. The number of rotatable bonds is 5. The van der Waals surface area contributed by atoms with Crippen LogP contribution in [0.3, 0.4) is 0 Å². The Kier molecular flexibility index (Phi) is 5.93. The maximum absolute atomic E-state index is 13.0. The van der Waals surface area contributed by atoms with E-state index in [-0.39, 0.29) is 22.9 Å². The zero-order valence-corrected chi connectivity index (χ0v) is 15.3. The van der Waals surface area contributed by atoms with Crippen molar-refractivity contribution >= 4 is 29.3 Å². The third kappa shape index (κ3) is 4.43. The van der Waals surface area contributed by atoms with E-state index in [1.165, 1.54) is 23.9 Å². The third-order valence-electron chi connectivity index (χ3n) is 4.38. The summed E-state index contributed by atoms with van der Waals surface area (Å²) in [6.45, 7) is 2.03. The number of benzene rings is 2. The number of amides is 2. The fraction of sp³-hybridized carbons (Fsp3) is 0.300. The lowest BCUT2D eigenvalue weighted by Crippen LogP contribution is -2.52. The van der Waals surface area contributed by atoms with Crippen LogP contribution in [0.4, 0.5) is 10.1 Å². The van der Waals surface area contributed by atoms with E-state index in [0.29, 0.717) is 12.2 Å². The number of nitrogens with one attached hydrogen (secondary N) is 2. The second kappa shape index (κ2) is 8.36. The van der Waals surface area contributed by atoms with Crippen molar-refractivity contribution in [2.45, 2.75) is 31.1 Å². The average Bonchev–Trinajstić information content (AvgIpc) is 2.65. The molecule has 2 aromatic carbocycles. The second-order valence-electron chi connectivity index (χ2n) is 6.21. The summed E-state index contributed by atoms with van der Waals surface area (Å²) in [5, 5.41) is 5.45. The Morgan fingerprint density at radius 3 is 2.65 bits per heavy atom. The quantitative estimate of drug-likeness (QED) is 0.848. The van der Waals surface area contributed by atoms with Gasteiger partial charge in [0.2, 0.25) is 11.8 Å². The van der Waals surface area contributed by atoms with Gasteiger partial charge in [0.25, 0.3) is 0 Å². The summed E-state index contributed by atoms with van der Waals surface area (Å²) >= 11 is 1.46. The molecule has 136 valence electrons. The van der Waals surface area contributed by atoms with Crippen molar-refractivity contribution < 1.29 is 14.0 Å². The maximum atomic E-state index is 13.0. The van der Waals surface area contributed by atoms with Crippen LogP contribution in [-0.2, 0) is 22.4 Å². The van der Waals surface area contributed by atoms with Crippen LogP contribution >= 0.6 is 11.8 Å². The molecule has 0 aromatic heterocycles. The molecule has 1 heterocycles. The van der Waals surface area contributed by atoms with Gasteiger partial charge in [0.05, 0.1) is 5.25 Å². The molecule has 0 aliphatic carbocycles. The lowest BCUT2D eigenvalue weighted by atomic mass is 10.1. The maximum Gasteiger partial charge on any atom is 0.247 e. The predicted molar refractivity (Wildman–Crippen MR) is 103 cm³/mol. The van der Waals surface area contributed by atoms with Crippen LogP contribution in [0.25, 0.3) is 0 Å². The van der Waals surface area contributed by atoms with E-state index in [1.807, 2.05) is 31.2 Å². The van der Waals surface area contributed by atoms with Crippen molar-refractivity contribution in [1.82, 2.24) is 5.32 Å². The summed E-state index contributed by atoms with van der Waals surface area (Å²) in [5.41, 5.74) is 2.75. The van der Waals surface area contributed by atoms with Gasteiger partial charge in [0, 0.05) is 11.4 Å². The average molecular weight is 372 g/mol. The molecular formula is C20H21FN2O2S. The highest BCUT2D eigenvalue weighted by atomic mass is 32.2. The van der Waals surface area contributed by atoms with Crippen LogP contribution in [0, 0.1) is 5.82 Å². The molecule has 4 nitrogen and oxygen atoms in total. The fourth-order valence-corrected chi connectivity index (χ4v) is 4.08. The number of thioether (sulfide) groups is 1. The van der Waals surface area contributed by atoms with Gasteiger partial charge in [0.15, 0.2) is 0 Å². The van der Waals surface area contributed by atoms with Crippen LogP contribution in [0.5, 0.6) is 0 Å². The predicted octanol–water partition coefficient (Wildman–Crippen LogP) is 3.17. The van der Waals surface area contributed by atoms with Crippen LogP contribution < -0.4 is 10.6 Å². The van der Waals surface area contributed by atoms with Crippen molar-refractivity contribution in [2.75, 3.05) is 11.1 Å². The molecular weight excluding hydrogens is 351 g/mol. The highest BCUT2D eigenvalue weighted by molar-refractivity contribution is 8.00. The minimum atomic E-state index is -0.554. The van der Waals surface area contributed by atoms with Gasteiger partial charge in [-0.2, -0.15) is 0 Å². The topological polar surface area (TPSA) is 58.2 Å². The Balaban J connectivity index is 1.58. The van der Waals surface area contributed by atoms with Gasteiger partial charge in [-0.1, -0.05) is 37.3 Å². The SMILES string of the molecule is CCc1ccccc1NC(=O)[C@H]1CS[C@H](Cc2ccc(F)cc2)C(=O)N1. The van der Waals surface area contributed by atoms with Crippen molar-refractivity contribution in [3.8, 4) is 0 Å². The summed E-state index contributed by atoms with van der Waals surface area (Å²) < 4.78 is 13.0. The molecule has 0 saturated carbocycles. The first kappa shape index (κ1) is 18.5. The highest BCUT2D eigenvalue weighted by Crippen LogP contribution is 2.23. The third-order valence-corrected chi connectivity index (χ3v) is 5.69. The molecule has 1 saturated heterocycles. The zero-order chi connectivity index (χ0) is 18.5. The molecule has 2 atom stereocenters. The van der Waals surface area contributed by atoms with E-state index >= 15 is 0 Å². The van der Waals surface area contributed by atoms with Crippen molar-refractivity contribution in [2.24, 2.45) is 0 Å². The number of hydrogen-bond donors (Lipinski definition) is 2. The number of anilines is 1. The van der Waals surface area contributed by atoms with E-state index in [0.717, 1.165) is 23.2 Å². The Bertz CT molecular complexity index is 795. The monoisotopic (exact) mass is 372 g/mol. The molecule has 6 heteroatoms. The van der Waals surface area contributed by atoms with Crippen molar-refractivity contribution in [3.63, 3.8) is 0 Å². The molecule has 0 spiro atoms. The van der Waals surface area contributed by atoms with Crippen molar-refractivity contribution in [1.29, 1.82) is 0 Å². The first-order valence-electron chi connectivity index (χ1n) is 8.62. The van der Waals surface area contributed by atoms with Crippen molar-refractivity contribution in [3.05, 3.63) is 65.5 Å². The van der Waals surface area contributed by atoms with Crippen LogP contribution in [0.1, 0.15) is 18.1 Å². The van der Waals surface area contributed by atoms with Crippen LogP contribution in [0.15, 0.2) is 48.5 Å². The Morgan fingerprint density at radius 2 is 1.96 bits per heavy atom.